The fraction of sp³-hybridized carbons (Fsp3) is 0.417. The highest BCUT2D eigenvalue weighted by Gasteiger charge is 2.05. The topological polar surface area (TPSA) is 64.3 Å². The quantitative estimate of drug-likeness (QED) is 0.794. The van der Waals surface area contributed by atoms with Crippen LogP contribution in [0.25, 0.3) is 0 Å². The molecule has 1 aromatic carbocycles. The number of benzene rings is 1. The van der Waals surface area contributed by atoms with Gasteiger partial charge in [0, 0.05) is 18.2 Å². The Labute approximate surface area is 110 Å². The van der Waals surface area contributed by atoms with Gasteiger partial charge in [-0.2, -0.15) is 0 Å². The van der Waals surface area contributed by atoms with Crippen LogP contribution in [0.1, 0.15) is 19.3 Å². The third-order valence-electron chi connectivity index (χ3n) is 2.29. The van der Waals surface area contributed by atoms with Crippen LogP contribution in [0, 0.1) is 0 Å². The molecule has 1 aromatic rings. The predicted octanol–water partition coefficient (Wildman–Crippen LogP) is 2.53. The van der Waals surface area contributed by atoms with Gasteiger partial charge >= 0.3 is 0 Å². The molecule has 0 aliphatic rings. The van der Waals surface area contributed by atoms with Gasteiger partial charge in [-0.25, -0.2) is 0 Å². The van der Waals surface area contributed by atoms with Crippen LogP contribution in [0.3, 0.4) is 0 Å². The zero-order valence-corrected chi connectivity index (χ0v) is 11.4. The number of nitrogens with one attached hydrogen (secondary N) is 1. The summed E-state index contributed by atoms with van der Waals surface area (Å²) >= 11 is 3.36. The molecule has 0 saturated carbocycles. The number of hydrogen-bond acceptors (Lipinski definition) is 3. The van der Waals surface area contributed by atoms with Crippen LogP contribution in [0.2, 0.25) is 0 Å². The summed E-state index contributed by atoms with van der Waals surface area (Å²) < 4.78 is 6.01. The number of unbranched alkanes of at least 4 members (excludes halogenated alkanes) is 1. The van der Waals surface area contributed by atoms with Crippen LogP contribution < -0.4 is 15.8 Å². The van der Waals surface area contributed by atoms with Crippen LogP contribution in [-0.4, -0.2) is 19.6 Å². The zero-order chi connectivity index (χ0) is 12.7. The lowest BCUT2D eigenvalue weighted by Gasteiger charge is -2.08. The maximum absolute atomic E-state index is 11.6. The zero-order valence-electron chi connectivity index (χ0n) is 9.83. The van der Waals surface area contributed by atoms with E-state index in [1.54, 1.807) is 13.2 Å². The molecule has 1 amide bonds. The molecule has 17 heavy (non-hydrogen) atoms. The first-order chi connectivity index (χ1) is 8.17. The Morgan fingerprint density at radius 2 is 2.24 bits per heavy atom. The Morgan fingerprint density at radius 1 is 1.47 bits per heavy atom. The van der Waals surface area contributed by atoms with E-state index in [9.17, 15) is 4.79 Å². The third kappa shape index (κ3) is 4.75. The Bertz CT molecular complexity index is 383. The Hall–Kier alpha value is -1.07. The van der Waals surface area contributed by atoms with Crippen molar-refractivity contribution >= 4 is 27.5 Å². The van der Waals surface area contributed by atoms with Crippen molar-refractivity contribution in [2.75, 3.05) is 19.0 Å². The summed E-state index contributed by atoms with van der Waals surface area (Å²) in [5, 5.41) is 2.82. The highest BCUT2D eigenvalue weighted by Crippen LogP contribution is 2.27. The fourth-order valence-electron chi connectivity index (χ4n) is 1.39. The molecule has 94 valence electrons. The standard InChI is InChI=1S/C12H17BrN2O2/c1-17-11-8-9(5-6-10(11)13)15-12(16)4-2-3-7-14/h5-6,8H,2-4,7,14H2,1H3,(H,15,16). The van der Waals surface area contributed by atoms with E-state index in [-0.39, 0.29) is 5.91 Å². The lowest BCUT2D eigenvalue weighted by atomic mass is 10.2. The summed E-state index contributed by atoms with van der Waals surface area (Å²) in [6.45, 7) is 0.624. The number of amides is 1. The molecule has 0 fully saturated rings. The molecule has 4 nitrogen and oxygen atoms in total. The van der Waals surface area contributed by atoms with Crippen molar-refractivity contribution in [2.45, 2.75) is 19.3 Å². The molecule has 0 saturated heterocycles. The minimum absolute atomic E-state index is 0.00262. The van der Waals surface area contributed by atoms with E-state index in [0.29, 0.717) is 18.7 Å². The van der Waals surface area contributed by atoms with E-state index in [1.807, 2.05) is 12.1 Å². The molecule has 5 heteroatoms. The summed E-state index contributed by atoms with van der Waals surface area (Å²) in [4.78, 5) is 11.6. The molecule has 0 aromatic heterocycles. The monoisotopic (exact) mass is 300 g/mol. The van der Waals surface area contributed by atoms with E-state index in [4.69, 9.17) is 10.5 Å². The Balaban J connectivity index is 2.53. The number of hydrogen-bond donors (Lipinski definition) is 2. The maximum Gasteiger partial charge on any atom is 0.224 e. The molecular weight excluding hydrogens is 284 g/mol. The highest BCUT2D eigenvalue weighted by atomic mass is 79.9. The number of carbonyl (C=O) groups excluding carboxylic acids is 1. The van der Waals surface area contributed by atoms with Gasteiger partial charge in [0.05, 0.1) is 11.6 Å². The molecule has 0 radical (unpaired) electrons. The van der Waals surface area contributed by atoms with E-state index < -0.39 is 0 Å². The largest absolute Gasteiger partial charge is 0.495 e. The van der Waals surface area contributed by atoms with E-state index in [0.717, 1.165) is 23.0 Å². The van der Waals surface area contributed by atoms with Crippen molar-refractivity contribution < 1.29 is 9.53 Å². The molecule has 0 bridgehead atoms. The average Bonchev–Trinajstić information content (AvgIpc) is 2.32. The summed E-state index contributed by atoms with van der Waals surface area (Å²) in [7, 11) is 1.59. The molecule has 0 atom stereocenters. The van der Waals surface area contributed by atoms with Crippen LogP contribution in [-0.2, 0) is 4.79 Å². The van der Waals surface area contributed by atoms with E-state index in [1.165, 1.54) is 0 Å². The Kier molecular flexibility index (Phi) is 6.00. The summed E-state index contributed by atoms with van der Waals surface area (Å²) in [5.74, 6) is 0.701. The number of carbonyl (C=O) groups is 1. The van der Waals surface area contributed by atoms with Gasteiger partial charge in [-0.1, -0.05) is 0 Å². The van der Waals surface area contributed by atoms with Crippen molar-refractivity contribution in [1.29, 1.82) is 0 Å². The fourth-order valence-corrected chi connectivity index (χ4v) is 1.80. The number of rotatable bonds is 6. The molecule has 3 N–H and O–H groups in total. The van der Waals surface area contributed by atoms with Crippen LogP contribution in [0.5, 0.6) is 5.75 Å². The van der Waals surface area contributed by atoms with Crippen molar-refractivity contribution in [1.82, 2.24) is 0 Å². The second-order valence-electron chi connectivity index (χ2n) is 3.64. The summed E-state index contributed by atoms with van der Waals surface area (Å²) in [5.41, 5.74) is 6.11. The minimum Gasteiger partial charge on any atom is -0.495 e. The second-order valence-corrected chi connectivity index (χ2v) is 4.50. The molecule has 0 unspecified atom stereocenters. The van der Waals surface area contributed by atoms with Gasteiger partial charge in [-0.3, -0.25) is 4.79 Å². The van der Waals surface area contributed by atoms with E-state index in [2.05, 4.69) is 21.2 Å². The van der Waals surface area contributed by atoms with Gasteiger partial charge in [0.1, 0.15) is 5.75 Å². The number of nitrogens with two attached hydrogens (primary N) is 1. The van der Waals surface area contributed by atoms with Crippen LogP contribution in [0.4, 0.5) is 5.69 Å². The Morgan fingerprint density at radius 3 is 2.88 bits per heavy atom. The van der Waals surface area contributed by atoms with Gasteiger partial charge in [0.15, 0.2) is 0 Å². The minimum atomic E-state index is 0.00262. The number of anilines is 1. The average molecular weight is 301 g/mol. The van der Waals surface area contributed by atoms with Gasteiger partial charge in [-0.15, -0.1) is 0 Å². The highest BCUT2D eigenvalue weighted by molar-refractivity contribution is 9.10. The predicted molar refractivity (Wildman–Crippen MR) is 72.2 cm³/mol. The molecular formula is C12H17BrN2O2. The molecule has 0 heterocycles. The smallest absolute Gasteiger partial charge is 0.224 e. The van der Waals surface area contributed by atoms with Crippen molar-refractivity contribution in [3.05, 3.63) is 22.7 Å². The van der Waals surface area contributed by atoms with Gasteiger partial charge in [-0.05, 0) is 47.4 Å². The van der Waals surface area contributed by atoms with Gasteiger partial charge in [0.2, 0.25) is 5.91 Å². The SMILES string of the molecule is COc1cc(NC(=O)CCCCN)ccc1Br. The first-order valence-electron chi connectivity index (χ1n) is 5.51. The lowest BCUT2D eigenvalue weighted by Crippen LogP contribution is -2.12. The van der Waals surface area contributed by atoms with Crippen LogP contribution in [0.15, 0.2) is 22.7 Å². The van der Waals surface area contributed by atoms with Crippen LogP contribution >= 0.6 is 15.9 Å². The second kappa shape index (κ2) is 7.29. The van der Waals surface area contributed by atoms with E-state index >= 15 is 0 Å². The number of halogens is 1. The van der Waals surface area contributed by atoms with Crippen molar-refractivity contribution in [3.8, 4) is 5.75 Å². The first-order valence-corrected chi connectivity index (χ1v) is 6.30. The molecule has 0 aliphatic carbocycles. The third-order valence-corrected chi connectivity index (χ3v) is 2.95. The summed E-state index contributed by atoms with van der Waals surface area (Å²) in [6.07, 6.45) is 2.18. The maximum atomic E-state index is 11.6. The molecule has 0 aliphatic heterocycles. The number of methoxy groups -OCH3 is 1. The molecule has 0 spiro atoms. The van der Waals surface area contributed by atoms with Gasteiger partial charge in [0.25, 0.3) is 0 Å². The lowest BCUT2D eigenvalue weighted by molar-refractivity contribution is -0.116. The molecule has 1 rings (SSSR count). The normalized spacial score (nSPS) is 10.1. The van der Waals surface area contributed by atoms with Gasteiger partial charge < -0.3 is 15.8 Å². The summed E-state index contributed by atoms with van der Waals surface area (Å²) in [6, 6.07) is 5.45. The van der Waals surface area contributed by atoms with Crippen molar-refractivity contribution in [2.24, 2.45) is 5.73 Å². The number of ether oxygens (including phenoxy) is 1. The van der Waals surface area contributed by atoms with Crippen molar-refractivity contribution in [3.63, 3.8) is 0 Å². The first kappa shape index (κ1) is 14.0.